The minimum absolute atomic E-state index is 0.405. The van der Waals surface area contributed by atoms with Crippen LogP contribution in [0.2, 0.25) is 0 Å². The van der Waals surface area contributed by atoms with Crippen LogP contribution in [0.15, 0.2) is 47.9 Å². The van der Waals surface area contributed by atoms with E-state index < -0.39 is 0 Å². The van der Waals surface area contributed by atoms with Gasteiger partial charge in [-0.05, 0) is 18.4 Å². The molecule has 1 aliphatic rings. The van der Waals surface area contributed by atoms with Gasteiger partial charge in [0.15, 0.2) is 5.82 Å². The summed E-state index contributed by atoms with van der Waals surface area (Å²) in [7, 11) is 1.67. The van der Waals surface area contributed by atoms with Crippen LogP contribution < -0.4 is 5.32 Å². The van der Waals surface area contributed by atoms with Crippen molar-refractivity contribution < 1.29 is 4.74 Å². The number of nitrogens with one attached hydrogen (secondary N) is 1. The monoisotopic (exact) mass is 337 g/mol. The Labute approximate surface area is 145 Å². The fraction of sp³-hybridized carbons (Fsp3) is 0.263. The lowest BCUT2D eigenvalue weighted by atomic mass is 10.1. The number of hydrogen-bond acceptors (Lipinski definition) is 5. The summed E-state index contributed by atoms with van der Waals surface area (Å²) in [6.45, 7) is 0.423. The second-order valence-electron chi connectivity index (χ2n) is 5.90. The number of fused-ring (bicyclic) bond motifs is 1. The summed E-state index contributed by atoms with van der Waals surface area (Å²) in [4.78, 5) is 10.4. The number of methoxy groups -OCH3 is 1. The van der Waals surface area contributed by atoms with E-state index in [1.807, 2.05) is 6.07 Å². The molecule has 1 aromatic carbocycles. The van der Waals surface area contributed by atoms with Crippen LogP contribution in [0, 0.1) is 0 Å². The molecule has 3 aromatic rings. The number of hydrogen-bond donors (Lipinski definition) is 1. The van der Waals surface area contributed by atoms with Gasteiger partial charge in [0.25, 0.3) is 0 Å². The van der Waals surface area contributed by atoms with E-state index in [0.29, 0.717) is 12.6 Å². The number of aromatic nitrogens is 2. The Kier molecular flexibility index (Phi) is 4.28. The number of thiophene rings is 1. The number of benzene rings is 1. The Morgan fingerprint density at radius 3 is 2.71 bits per heavy atom. The van der Waals surface area contributed by atoms with E-state index in [9.17, 15) is 0 Å². The number of nitrogens with zero attached hydrogens (tertiary/aromatic N) is 2. The Hall–Kier alpha value is -2.24. The van der Waals surface area contributed by atoms with Gasteiger partial charge in [0.2, 0.25) is 0 Å². The average Bonchev–Trinajstić information content (AvgIpc) is 3.25. The summed E-state index contributed by atoms with van der Waals surface area (Å²) in [5.41, 5.74) is 2.38. The van der Waals surface area contributed by atoms with Crippen molar-refractivity contribution in [2.24, 2.45) is 0 Å². The molecule has 0 spiro atoms. The first-order chi connectivity index (χ1) is 11.8. The summed E-state index contributed by atoms with van der Waals surface area (Å²) < 4.78 is 5.23. The Morgan fingerprint density at radius 1 is 1.17 bits per heavy atom. The SMILES string of the molecule is COCc1nc(NC2CC=CC2)c2c(-c3ccccc3)csc2n1. The second kappa shape index (κ2) is 6.71. The van der Waals surface area contributed by atoms with Crippen LogP contribution in [0.5, 0.6) is 0 Å². The maximum absolute atomic E-state index is 5.23. The normalized spacial score (nSPS) is 14.5. The fourth-order valence-electron chi connectivity index (χ4n) is 3.04. The third kappa shape index (κ3) is 2.92. The van der Waals surface area contributed by atoms with E-state index in [1.165, 1.54) is 11.1 Å². The van der Waals surface area contributed by atoms with Gasteiger partial charge in [-0.25, -0.2) is 9.97 Å². The molecule has 0 atom stereocenters. The highest BCUT2D eigenvalue weighted by molar-refractivity contribution is 7.17. The molecule has 122 valence electrons. The standard InChI is InChI=1S/C19H19N3OS/c1-23-11-16-21-18(20-14-9-5-6-10-14)17-15(12-24-19(17)22-16)13-7-3-2-4-8-13/h2-8,12,14H,9-11H2,1H3,(H,20,21,22). The molecule has 0 saturated heterocycles. The lowest BCUT2D eigenvalue weighted by molar-refractivity contribution is 0.178. The zero-order valence-corrected chi connectivity index (χ0v) is 14.3. The predicted molar refractivity (Wildman–Crippen MR) is 99.3 cm³/mol. The molecule has 4 nitrogen and oxygen atoms in total. The molecule has 0 amide bonds. The van der Waals surface area contributed by atoms with Crippen molar-refractivity contribution in [1.29, 1.82) is 0 Å². The first-order valence-corrected chi connectivity index (χ1v) is 8.97. The molecule has 5 heteroatoms. The molecule has 0 saturated carbocycles. The van der Waals surface area contributed by atoms with Gasteiger partial charge in [0.1, 0.15) is 17.3 Å². The average molecular weight is 337 g/mol. The van der Waals surface area contributed by atoms with E-state index in [1.54, 1.807) is 18.4 Å². The van der Waals surface area contributed by atoms with Gasteiger partial charge in [-0.1, -0.05) is 42.5 Å². The summed E-state index contributed by atoms with van der Waals surface area (Å²) in [6.07, 6.45) is 6.52. The van der Waals surface area contributed by atoms with E-state index >= 15 is 0 Å². The van der Waals surface area contributed by atoms with E-state index in [-0.39, 0.29) is 0 Å². The highest BCUT2D eigenvalue weighted by Gasteiger charge is 2.18. The molecular weight excluding hydrogens is 318 g/mol. The summed E-state index contributed by atoms with van der Waals surface area (Å²) in [5, 5.41) is 6.90. The van der Waals surface area contributed by atoms with E-state index in [2.05, 4.69) is 52.1 Å². The van der Waals surface area contributed by atoms with Gasteiger partial charge in [-0.15, -0.1) is 11.3 Å². The Bertz CT molecular complexity index is 865. The van der Waals surface area contributed by atoms with Crippen molar-refractivity contribution in [3.63, 3.8) is 0 Å². The molecule has 0 radical (unpaired) electrons. The molecule has 2 heterocycles. The van der Waals surface area contributed by atoms with Gasteiger partial charge >= 0.3 is 0 Å². The number of ether oxygens (including phenoxy) is 1. The minimum Gasteiger partial charge on any atom is -0.377 e. The first kappa shape index (κ1) is 15.3. The quantitative estimate of drug-likeness (QED) is 0.689. The van der Waals surface area contributed by atoms with Crippen LogP contribution in [0.25, 0.3) is 21.3 Å². The molecular formula is C19H19N3OS. The maximum atomic E-state index is 5.23. The molecule has 0 bridgehead atoms. The van der Waals surface area contributed by atoms with Crippen molar-refractivity contribution in [2.45, 2.75) is 25.5 Å². The van der Waals surface area contributed by atoms with Crippen LogP contribution in [0.3, 0.4) is 0 Å². The molecule has 0 fully saturated rings. The van der Waals surface area contributed by atoms with Crippen molar-refractivity contribution in [3.8, 4) is 11.1 Å². The van der Waals surface area contributed by atoms with Gasteiger partial charge in [-0.2, -0.15) is 0 Å². The third-order valence-corrected chi connectivity index (χ3v) is 5.06. The van der Waals surface area contributed by atoms with Crippen molar-refractivity contribution in [1.82, 2.24) is 9.97 Å². The smallest absolute Gasteiger partial charge is 0.158 e. The Balaban J connectivity index is 1.83. The molecule has 2 aromatic heterocycles. The van der Waals surface area contributed by atoms with E-state index in [4.69, 9.17) is 9.72 Å². The van der Waals surface area contributed by atoms with Crippen LogP contribution in [-0.2, 0) is 11.3 Å². The summed E-state index contributed by atoms with van der Waals surface area (Å²) >= 11 is 1.66. The van der Waals surface area contributed by atoms with Gasteiger partial charge in [0, 0.05) is 24.1 Å². The maximum Gasteiger partial charge on any atom is 0.158 e. The second-order valence-corrected chi connectivity index (χ2v) is 6.76. The molecule has 1 aliphatic carbocycles. The van der Waals surface area contributed by atoms with Crippen molar-refractivity contribution in [3.05, 3.63) is 53.7 Å². The molecule has 24 heavy (non-hydrogen) atoms. The summed E-state index contributed by atoms with van der Waals surface area (Å²) in [6, 6.07) is 10.8. The number of rotatable bonds is 5. The van der Waals surface area contributed by atoms with Gasteiger partial charge in [0.05, 0.1) is 5.39 Å². The lowest BCUT2D eigenvalue weighted by Gasteiger charge is -2.15. The van der Waals surface area contributed by atoms with E-state index in [0.717, 1.165) is 34.7 Å². The lowest BCUT2D eigenvalue weighted by Crippen LogP contribution is -2.17. The van der Waals surface area contributed by atoms with Crippen molar-refractivity contribution >= 4 is 27.4 Å². The molecule has 0 aliphatic heterocycles. The molecule has 4 rings (SSSR count). The zero-order chi connectivity index (χ0) is 16.4. The minimum atomic E-state index is 0.405. The van der Waals surface area contributed by atoms with Gasteiger partial charge < -0.3 is 10.1 Å². The van der Waals surface area contributed by atoms with Crippen LogP contribution in [-0.4, -0.2) is 23.1 Å². The van der Waals surface area contributed by atoms with Crippen LogP contribution in [0.1, 0.15) is 18.7 Å². The highest BCUT2D eigenvalue weighted by atomic mass is 32.1. The Morgan fingerprint density at radius 2 is 1.96 bits per heavy atom. The van der Waals surface area contributed by atoms with Crippen LogP contribution >= 0.6 is 11.3 Å². The largest absolute Gasteiger partial charge is 0.377 e. The zero-order valence-electron chi connectivity index (χ0n) is 13.5. The predicted octanol–water partition coefficient (Wildman–Crippen LogP) is 4.64. The molecule has 0 unspecified atom stereocenters. The van der Waals surface area contributed by atoms with Crippen LogP contribution in [0.4, 0.5) is 5.82 Å². The highest BCUT2D eigenvalue weighted by Crippen LogP contribution is 2.37. The van der Waals surface area contributed by atoms with Gasteiger partial charge in [-0.3, -0.25) is 0 Å². The van der Waals surface area contributed by atoms with Crippen molar-refractivity contribution in [2.75, 3.05) is 12.4 Å². The fourth-order valence-corrected chi connectivity index (χ4v) is 4.01. The summed E-state index contributed by atoms with van der Waals surface area (Å²) in [5.74, 6) is 1.64. The topological polar surface area (TPSA) is 47.0 Å². The molecule has 1 N–H and O–H groups in total. The number of anilines is 1. The third-order valence-electron chi connectivity index (χ3n) is 4.19. The first-order valence-electron chi connectivity index (χ1n) is 8.09.